The summed E-state index contributed by atoms with van der Waals surface area (Å²) in [5.74, 6) is 0.188. The smallest absolute Gasteiger partial charge is 0.272 e. The van der Waals surface area contributed by atoms with Crippen LogP contribution in [0.4, 0.5) is 0 Å². The summed E-state index contributed by atoms with van der Waals surface area (Å²) in [4.78, 5) is 10.5. The van der Waals surface area contributed by atoms with Crippen LogP contribution in [0.25, 0.3) is 0 Å². The lowest BCUT2D eigenvalue weighted by Crippen LogP contribution is -2.48. The highest BCUT2D eigenvalue weighted by Crippen LogP contribution is 2.35. The fourth-order valence-corrected chi connectivity index (χ4v) is 4.43. The Balaban J connectivity index is 1.56. The summed E-state index contributed by atoms with van der Waals surface area (Å²) in [5, 5.41) is 0. The molecule has 24 heavy (non-hydrogen) atoms. The van der Waals surface area contributed by atoms with Gasteiger partial charge >= 0.3 is 0 Å². The van der Waals surface area contributed by atoms with Gasteiger partial charge in [0.15, 0.2) is 10.4 Å². The first-order valence-corrected chi connectivity index (χ1v) is 9.30. The van der Waals surface area contributed by atoms with Crippen LogP contribution in [-0.2, 0) is 21.2 Å². The molecule has 2 atom stereocenters. The Hall–Kier alpha value is -1.87. The van der Waals surface area contributed by atoms with Crippen LogP contribution in [0.5, 0.6) is 5.88 Å². The molecule has 4 rings (SSSR count). The van der Waals surface area contributed by atoms with Gasteiger partial charge in [0.1, 0.15) is 5.60 Å². The Morgan fingerprint density at radius 1 is 1.33 bits per heavy atom. The maximum absolute atomic E-state index is 12.4. The first-order chi connectivity index (χ1) is 11.6. The predicted molar refractivity (Wildman–Crippen MR) is 86.8 cm³/mol. The Bertz CT molecular complexity index is 788. The van der Waals surface area contributed by atoms with E-state index in [0.717, 1.165) is 19.5 Å². The number of fused-ring (bicyclic) bond motifs is 1. The Labute approximate surface area is 141 Å². The lowest BCUT2D eigenvalue weighted by molar-refractivity contribution is 0.0747. The molecule has 0 saturated carbocycles. The number of nitrogens with one attached hydrogen (secondary N) is 1. The van der Waals surface area contributed by atoms with Crippen LogP contribution in [0.1, 0.15) is 12.0 Å². The topological polar surface area (TPSA) is 90.4 Å². The highest BCUT2D eigenvalue weighted by Gasteiger charge is 2.46. The van der Waals surface area contributed by atoms with E-state index >= 15 is 0 Å². The minimum atomic E-state index is -3.58. The van der Waals surface area contributed by atoms with Crippen molar-refractivity contribution in [3.05, 3.63) is 48.4 Å². The van der Waals surface area contributed by atoms with Crippen LogP contribution in [0.3, 0.4) is 0 Å². The third kappa shape index (κ3) is 2.93. The number of sulfonamides is 1. The van der Waals surface area contributed by atoms with Gasteiger partial charge in [0, 0.05) is 50.7 Å². The van der Waals surface area contributed by atoms with E-state index < -0.39 is 16.0 Å². The van der Waals surface area contributed by atoms with Crippen molar-refractivity contribution in [2.45, 2.75) is 23.5 Å². The van der Waals surface area contributed by atoms with Gasteiger partial charge in [0.2, 0.25) is 4.90 Å². The molecule has 126 valence electrons. The average Bonchev–Trinajstić information content (AvgIpc) is 2.92. The summed E-state index contributed by atoms with van der Waals surface area (Å²) in [6.07, 6.45) is 5.85. The van der Waals surface area contributed by atoms with E-state index in [1.54, 1.807) is 24.7 Å². The van der Waals surface area contributed by atoms with E-state index in [4.69, 9.17) is 4.74 Å². The lowest BCUT2D eigenvalue weighted by Gasteiger charge is -2.27. The van der Waals surface area contributed by atoms with Gasteiger partial charge in [-0.15, -0.1) is 4.72 Å². The third-order valence-corrected chi connectivity index (χ3v) is 5.89. The number of likely N-dealkylation sites (tertiary alicyclic amines) is 1. The van der Waals surface area contributed by atoms with Crippen LogP contribution in [-0.4, -0.2) is 44.7 Å². The zero-order valence-corrected chi connectivity index (χ0v) is 13.9. The summed E-state index contributed by atoms with van der Waals surface area (Å²) in [7, 11) is -3.58. The molecule has 4 heterocycles. The average molecular weight is 346 g/mol. The van der Waals surface area contributed by atoms with Crippen LogP contribution in [0, 0.1) is 0 Å². The number of pyridine rings is 2. The zero-order valence-electron chi connectivity index (χ0n) is 13.1. The molecular weight excluding hydrogens is 328 g/mol. The molecule has 0 aromatic carbocycles. The summed E-state index contributed by atoms with van der Waals surface area (Å²) in [6, 6.07) is 7.09. The van der Waals surface area contributed by atoms with Crippen molar-refractivity contribution < 1.29 is 13.5 Å². The van der Waals surface area contributed by atoms with Gasteiger partial charge in [-0.25, -0.2) is 4.98 Å². The molecule has 0 aliphatic carbocycles. The van der Waals surface area contributed by atoms with Crippen molar-refractivity contribution in [3.63, 3.8) is 0 Å². The standard InChI is InChI=1S/C16H18N4O3S/c21-24(22)14-2-1-6-18-15(14)23-16(11-19-24)5-9-20(12-16)10-13-3-7-17-8-4-13/h1-4,6-8H,5,9-12H2,(H-,19,21,22). The third-order valence-electron chi connectivity index (χ3n) is 4.47. The predicted octanol–water partition coefficient (Wildman–Crippen LogP) is 1.01. The highest BCUT2D eigenvalue weighted by atomic mass is 32.3. The highest BCUT2D eigenvalue weighted by molar-refractivity contribution is 7.95. The number of aromatic nitrogens is 2. The molecule has 2 aromatic heterocycles. The molecular formula is C16H18N4O3S. The van der Waals surface area contributed by atoms with Gasteiger partial charge in [-0.05, 0) is 23.8 Å². The van der Waals surface area contributed by atoms with Crippen LogP contribution in [0.15, 0.2) is 47.8 Å². The zero-order chi connectivity index (χ0) is 16.6. The second kappa shape index (κ2) is 5.89. The minimum Gasteiger partial charge on any atom is -0.593 e. The van der Waals surface area contributed by atoms with Crippen molar-refractivity contribution in [2.24, 2.45) is 0 Å². The molecule has 2 unspecified atom stereocenters. The van der Waals surface area contributed by atoms with E-state index in [2.05, 4.69) is 19.6 Å². The van der Waals surface area contributed by atoms with Crippen molar-refractivity contribution >= 4 is 10.4 Å². The van der Waals surface area contributed by atoms with E-state index in [0.29, 0.717) is 6.54 Å². The number of ether oxygens (including phenoxy) is 1. The number of hydrogen-bond donors (Lipinski definition) is 1. The van der Waals surface area contributed by atoms with Gasteiger partial charge < -0.3 is 9.29 Å². The molecule has 2 aliphatic heterocycles. The molecule has 1 spiro atoms. The van der Waals surface area contributed by atoms with Crippen molar-refractivity contribution in [3.8, 4) is 5.88 Å². The van der Waals surface area contributed by atoms with Crippen molar-refractivity contribution in [2.75, 3.05) is 19.6 Å². The second-order valence-corrected chi connectivity index (χ2v) is 7.97. The fraction of sp³-hybridized carbons (Fsp3) is 0.375. The molecule has 0 radical (unpaired) electrons. The summed E-state index contributed by atoms with van der Waals surface area (Å²) in [6.45, 7) is 2.52. The molecule has 7 nitrogen and oxygen atoms in total. The van der Waals surface area contributed by atoms with Gasteiger partial charge in [0.25, 0.3) is 5.88 Å². The van der Waals surface area contributed by atoms with E-state index in [1.807, 2.05) is 12.1 Å². The maximum atomic E-state index is 12.4. The van der Waals surface area contributed by atoms with Crippen molar-refractivity contribution in [1.29, 1.82) is 0 Å². The summed E-state index contributed by atoms with van der Waals surface area (Å²) >= 11 is 0. The van der Waals surface area contributed by atoms with Crippen LogP contribution >= 0.6 is 0 Å². The van der Waals surface area contributed by atoms with E-state index in [9.17, 15) is 8.76 Å². The Kier molecular flexibility index (Phi) is 3.84. The number of rotatable bonds is 2. The van der Waals surface area contributed by atoms with Crippen LogP contribution in [0.2, 0.25) is 0 Å². The van der Waals surface area contributed by atoms with Gasteiger partial charge in [0.05, 0.1) is 6.54 Å². The summed E-state index contributed by atoms with van der Waals surface area (Å²) in [5.41, 5.74) is 0.592. The first kappa shape index (κ1) is 15.6. The monoisotopic (exact) mass is 346 g/mol. The normalized spacial score (nSPS) is 29.9. The quantitative estimate of drug-likeness (QED) is 0.816. The Morgan fingerprint density at radius 2 is 2.17 bits per heavy atom. The number of nitrogens with zero attached hydrogens (tertiary/aromatic N) is 3. The second-order valence-electron chi connectivity index (χ2n) is 6.23. The van der Waals surface area contributed by atoms with Gasteiger partial charge in [-0.3, -0.25) is 9.88 Å². The molecule has 0 amide bonds. The molecule has 2 aromatic rings. The largest absolute Gasteiger partial charge is 0.593 e. The lowest BCUT2D eigenvalue weighted by atomic mass is 10.0. The van der Waals surface area contributed by atoms with Crippen molar-refractivity contribution in [1.82, 2.24) is 19.6 Å². The summed E-state index contributed by atoms with van der Waals surface area (Å²) < 4.78 is 33.5. The van der Waals surface area contributed by atoms with Gasteiger partial charge in [-0.2, -0.15) is 0 Å². The molecule has 1 saturated heterocycles. The minimum absolute atomic E-state index is 0.106. The molecule has 1 N–H and O–H groups in total. The molecule has 1 fully saturated rings. The Morgan fingerprint density at radius 3 is 3.00 bits per heavy atom. The molecule has 2 aliphatic rings. The fourth-order valence-electron chi connectivity index (χ4n) is 3.24. The SMILES string of the molecule is O=[S+]1([O-])NCC2(CCN(Cc3ccncc3)C2)Oc2ncccc21. The van der Waals surface area contributed by atoms with E-state index in [-0.39, 0.29) is 17.3 Å². The molecule has 0 bridgehead atoms. The first-order valence-electron chi connectivity index (χ1n) is 7.81. The van der Waals surface area contributed by atoms with Gasteiger partial charge in [-0.1, -0.05) is 4.21 Å². The van der Waals surface area contributed by atoms with Crippen LogP contribution < -0.4 is 9.46 Å². The molecule has 8 heteroatoms. The number of hydrogen-bond acceptors (Lipinski definition) is 6. The van der Waals surface area contributed by atoms with E-state index in [1.165, 1.54) is 11.6 Å². The maximum Gasteiger partial charge on any atom is 0.272 e.